The molecule has 1 heterocycles. The van der Waals surface area contributed by atoms with Crippen molar-refractivity contribution in [2.75, 3.05) is 13.2 Å². The number of benzene rings is 1. The summed E-state index contributed by atoms with van der Waals surface area (Å²) in [6.07, 6.45) is 0.909. The summed E-state index contributed by atoms with van der Waals surface area (Å²) in [5, 5.41) is 4.22. The van der Waals surface area contributed by atoms with Crippen molar-refractivity contribution in [3.63, 3.8) is 0 Å². The van der Waals surface area contributed by atoms with Crippen LogP contribution < -0.4 is 9.47 Å². The summed E-state index contributed by atoms with van der Waals surface area (Å²) in [7, 11) is 0. The van der Waals surface area contributed by atoms with Crippen LogP contribution >= 0.6 is 22.9 Å². The van der Waals surface area contributed by atoms with Gasteiger partial charge >= 0.3 is 0 Å². The Bertz CT molecular complexity index is 497. The van der Waals surface area contributed by atoms with E-state index in [2.05, 4.69) is 16.8 Å². The monoisotopic (exact) mass is 296 g/mol. The van der Waals surface area contributed by atoms with E-state index in [0.29, 0.717) is 19.1 Å². The molecule has 2 aromatic rings. The third kappa shape index (κ3) is 4.15. The van der Waals surface area contributed by atoms with E-state index in [1.807, 2.05) is 25.1 Å². The summed E-state index contributed by atoms with van der Waals surface area (Å²) < 4.78 is 11.4. The van der Waals surface area contributed by atoms with Gasteiger partial charge in [0.2, 0.25) is 0 Å². The molecule has 0 saturated heterocycles. The van der Waals surface area contributed by atoms with Crippen LogP contribution in [0.4, 0.5) is 0 Å². The van der Waals surface area contributed by atoms with Crippen LogP contribution in [0.1, 0.15) is 18.1 Å². The second kappa shape index (κ2) is 7.41. The van der Waals surface area contributed by atoms with Gasteiger partial charge < -0.3 is 9.47 Å². The summed E-state index contributed by atoms with van der Waals surface area (Å²) in [6, 6.07) is 7.95. The lowest BCUT2D eigenvalue weighted by Crippen LogP contribution is -2.03. The third-order valence-electron chi connectivity index (χ3n) is 2.69. The van der Waals surface area contributed by atoms with Crippen molar-refractivity contribution in [3.05, 3.63) is 46.2 Å². The zero-order valence-corrected chi connectivity index (χ0v) is 12.5. The largest absolute Gasteiger partial charge is 0.490 e. The molecule has 19 heavy (non-hydrogen) atoms. The molecule has 0 spiro atoms. The Hall–Kier alpha value is -1.19. The first-order valence-corrected chi connectivity index (χ1v) is 7.76. The minimum atomic E-state index is 0.481. The van der Waals surface area contributed by atoms with Gasteiger partial charge in [0.1, 0.15) is 0 Å². The fourth-order valence-corrected chi connectivity index (χ4v) is 2.61. The highest BCUT2D eigenvalue weighted by Crippen LogP contribution is 2.29. The maximum atomic E-state index is 5.83. The van der Waals surface area contributed by atoms with Gasteiger partial charge in [-0.1, -0.05) is 6.07 Å². The first-order chi connectivity index (χ1) is 9.33. The van der Waals surface area contributed by atoms with Crippen molar-refractivity contribution in [1.82, 2.24) is 0 Å². The minimum absolute atomic E-state index is 0.481. The maximum absolute atomic E-state index is 5.83. The summed E-state index contributed by atoms with van der Waals surface area (Å²) in [6.45, 7) is 3.23. The molecule has 102 valence electrons. The van der Waals surface area contributed by atoms with Gasteiger partial charge in [-0.25, -0.2) is 0 Å². The van der Waals surface area contributed by atoms with Gasteiger partial charge in [0, 0.05) is 12.3 Å². The molecule has 2 nitrogen and oxygen atoms in total. The van der Waals surface area contributed by atoms with E-state index in [1.54, 1.807) is 11.3 Å². The van der Waals surface area contributed by atoms with Crippen LogP contribution in [0.3, 0.4) is 0 Å². The molecule has 0 saturated carbocycles. The second-order valence-electron chi connectivity index (χ2n) is 4.08. The predicted molar refractivity (Wildman–Crippen MR) is 80.7 cm³/mol. The van der Waals surface area contributed by atoms with E-state index in [-0.39, 0.29) is 0 Å². The van der Waals surface area contributed by atoms with Crippen molar-refractivity contribution in [2.45, 2.75) is 19.2 Å². The van der Waals surface area contributed by atoms with E-state index < -0.39 is 0 Å². The van der Waals surface area contributed by atoms with Gasteiger partial charge in [0.05, 0.1) is 13.2 Å². The molecule has 0 amide bonds. The van der Waals surface area contributed by atoms with Crippen LogP contribution in [0.5, 0.6) is 11.5 Å². The molecule has 0 unspecified atom stereocenters. The van der Waals surface area contributed by atoms with Gasteiger partial charge in [-0.2, -0.15) is 11.3 Å². The van der Waals surface area contributed by atoms with Crippen molar-refractivity contribution >= 4 is 22.9 Å². The molecular weight excluding hydrogens is 280 g/mol. The van der Waals surface area contributed by atoms with Crippen LogP contribution in [0.25, 0.3) is 0 Å². The Labute approximate surface area is 122 Å². The van der Waals surface area contributed by atoms with E-state index >= 15 is 0 Å². The molecule has 0 fully saturated rings. The number of alkyl halides is 1. The summed E-state index contributed by atoms with van der Waals surface area (Å²) in [5.41, 5.74) is 2.34. The van der Waals surface area contributed by atoms with Crippen molar-refractivity contribution in [3.8, 4) is 11.5 Å². The quantitative estimate of drug-likeness (QED) is 0.700. The van der Waals surface area contributed by atoms with E-state index in [0.717, 1.165) is 23.5 Å². The van der Waals surface area contributed by atoms with Gasteiger partial charge in [0.15, 0.2) is 11.5 Å². The number of rotatable bonds is 7. The van der Waals surface area contributed by atoms with E-state index in [9.17, 15) is 0 Å². The standard InChI is InChI=1S/C15H17ClO2S/c1-2-17-15-9-13(10-16)3-4-14(15)18-7-5-12-6-8-19-11-12/h3-4,6,8-9,11H,2,5,7,10H2,1H3. The number of halogens is 1. The summed E-state index contributed by atoms with van der Waals surface area (Å²) >= 11 is 7.54. The number of ether oxygens (including phenoxy) is 2. The number of hydrogen-bond acceptors (Lipinski definition) is 3. The fourth-order valence-electron chi connectivity index (χ4n) is 1.74. The molecule has 1 aromatic heterocycles. The van der Waals surface area contributed by atoms with Crippen LogP contribution in [-0.2, 0) is 12.3 Å². The normalized spacial score (nSPS) is 10.4. The average Bonchev–Trinajstić information content (AvgIpc) is 2.94. The Kier molecular flexibility index (Phi) is 5.55. The molecule has 0 aliphatic rings. The van der Waals surface area contributed by atoms with Crippen LogP contribution in [-0.4, -0.2) is 13.2 Å². The summed E-state index contributed by atoms with van der Waals surface area (Å²) in [4.78, 5) is 0. The van der Waals surface area contributed by atoms with Gasteiger partial charge in [-0.3, -0.25) is 0 Å². The topological polar surface area (TPSA) is 18.5 Å². The van der Waals surface area contributed by atoms with Crippen molar-refractivity contribution in [1.29, 1.82) is 0 Å². The molecule has 1 aromatic carbocycles. The Morgan fingerprint density at radius 3 is 2.68 bits per heavy atom. The average molecular weight is 297 g/mol. The highest BCUT2D eigenvalue weighted by atomic mass is 35.5. The van der Waals surface area contributed by atoms with Crippen molar-refractivity contribution < 1.29 is 9.47 Å². The predicted octanol–water partition coefficient (Wildman–Crippen LogP) is 4.51. The van der Waals surface area contributed by atoms with Crippen molar-refractivity contribution in [2.24, 2.45) is 0 Å². The smallest absolute Gasteiger partial charge is 0.161 e. The molecule has 4 heteroatoms. The van der Waals surface area contributed by atoms with Gasteiger partial charge in [0.25, 0.3) is 0 Å². The number of thiophene rings is 1. The van der Waals surface area contributed by atoms with Gasteiger partial charge in [-0.05, 0) is 47.0 Å². The Morgan fingerprint density at radius 2 is 2.00 bits per heavy atom. The van der Waals surface area contributed by atoms with E-state index in [1.165, 1.54) is 5.56 Å². The molecular formula is C15H17ClO2S. The fraction of sp³-hybridized carbons (Fsp3) is 0.333. The third-order valence-corrected chi connectivity index (χ3v) is 3.73. The van der Waals surface area contributed by atoms with Gasteiger partial charge in [-0.15, -0.1) is 11.6 Å². The Balaban J connectivity index is 1.98. The van der Waals surface area contributed by atoms with Crippen LogP contribution in [0, 0.1) is 0 Å². The lowest BCUT2D eigenvalue weighted by atomic mass is 10.2. The first kappa shape index (κ1) is 14.2. The lowest BCUT2D eigenvalue weighted by molar-refractivity contribution is 0.279. The highest BCUT2D eigenvalue weighted by molar-refractivity contribution is 7.07. The molecule has 0 N–H and O–H groups in total. The zero-order valence-electron chi connectivity index (χ0n) is 10.9. The van der Waals surface area contributed by atoms with E-state index in [4.69, 9.17) is 21.1 Å². The molecule has 0 radical (unpaired) electrons. The van der Waals surface area contributed by atoms with Crippen LogP contribution in [0.15, 0.2) is 35.0 Å². The molecule has 0 atom stereocenters. The highest BCUT2D eigenvalue weighted by Gasteiger charge is 2.06. The lowest BCUT2D eigenvalue weighted by Gasteiger charge is -2.12. The minimum Gasteiger partial charge on any atom is -0.490 e. The van der Waals surface area contributed by atoms with Crippen LogP contribution in [0.2, 0.25) is 0 Å². The molecule has 0 aliphatic carbocycles. The number of hydrogen-bond donors (Lipinski definition) is 0. The SMILES string of the molecule is CCOc1cc(CCl)ccc1OCCc1ccsc1. The zero-order chi connectivity index (χ0) is 13.5. The first-order valence-electron chi connectivity index (χ1n) is 6.29. The molecule has 0 bridgehead atoms. The molecule has 0 aliphatic heterocycles. The second-order valence-corrected chi connectivity index (χ2v) is 5.13. The Morgan fingerprint density at radius 1 is 1.11 bits per heavy atom. The molecule has 2 rings (SSSR count). The summed E-state index contributed by atoms with van der Waals surface area (Å²) in [5.74, 6) is 2.03. The maximum Gasteiger partial charge on any atom is 0.161 e.